The Hall–Kier alpha value is -3.83. The first kappa shape index (κ1) is 27.7. The molecule has 210 valence electrons. The van der Waals surface area contributed by atoms with Gasteiger partial charge < -0.3 is 15.0 Å². The Labute approximate surface area is 233 Å². The molecule has 3 aromatic rings. The van der Waals surface area contributed by atoms with Crippen LogP contribution in [0.5, 0.6) is 5.75 Å². The molecule has 0 aliphatic carbocycles. The molecule has 1 aromatic heterocycles. The highest BCUT2D eigenvalue weighted by Crippen LogP contribution is 2.33. The van der Waals surface area contributed by atoms with Crippen LogP contribution < -0.4 is 10.1 Å². The van der Waals surface area contributed by atoms with Crippen molar-refractivity contribution in [3.8, 4) is 5.75 Å². The molecule has 0 radical (unpaired) electrons. The zero-order valence-corrected chi connectivity index (χ0v) is 23.2. The van der Waals surface area contributed by atoms with E-state index in [9.17, 15) is 22.8 Å². The average molecular weight is 565 g/mol. The number of rotatable bonds is 8. The first-order chi connectivity index (χ1) is 19.1. The fraction of sp³-hybridized carbons (Fsp3) is 0.379. The molecule has 5 rings (SSSR count). The van der Waals surface area contributed by atoms with Gasteiger partial charge in [-0.3, -0.25) is 14.6 Å². The number of nitrogens with one attached hydrogen (secondary N) is 1. The van der Waals surface area contributed by atoms with Crippen molar-refractivity contribution in [1.82, 2.24) is 19.5 Å². The monoisotopic (exact) mass is 564 g/mol. The fourth-order valence-corrected chi connectivity index (χ4v) is 7.28. The summed E-state index contributed by atoms with van der Waals surface area (Å²) in [5, 5.41) is 4.60. The van der Waals surface area contributed by atoms with Crippen LogP contribution in [0.2, 0.25) is 0 Å². The van der Waals surface area contributed by atoms with Gasteiger partial charge in [0.25, 0.3) is 0 Å². The minimum atomic E-state index is -3.81. The van der Waals surface area contributed by atoms with E-state index in [1.54, 1.807) is 30.5 Å². The molecule has 2 aliphatic rings. The summed E-state index contributed by atoms with van der Waals surface area (Å²) in [6, 6.07) is 13.8. The molecular weight excluding hydrogens is 532 g/mol. The third-order valence-corrected chi connectivity index (χ3v) is 9.13. The number of pyridine rings is 1. The van der Waals surface area contributed by atoms with E-state index in [2.05, 4.69) is 10.3 Å². The minimum Gasteiger partial charge on any atom is -0.410 e. The van der Waals surface area contributed by atoms with E-state index in [1.807, 2.05) is 44.2 Å². The number of ether oxygens (including phenoxy) is 1. The topological polar surface area (TPSA) is 126 Å². The molecule has 2 saturated heterocycles. The summed E-state index contributed by atoms with van der Waals surface area (Å²) in [7, 11) is -3.81. The van der Waals surface area contributed by atoms with Crippen molar-refractivity contribution in [1.29, 1.82) is 0 Å². The molecule has 2 amide bonds. The van der Waals surface area contributed by atoms with Gasteiger partial charge in [-0.2, -0.15) is 4.31 Å². The van der Waals surface area contributed by atoms with Crippen molar-refractivity contribution in [2.45, 2.75) is 50.6 Å². The standard InChI is InChI=1S/C29H32N4O6S/c1-19(2)14-24(31-29(36)39-23-10-9-21-7-3-4-8-22(21)15-23)28(35)32-13-11-25-27(32)26(34)17-33(25)40(37,38)18-20-6-5-12-30-16-20/h3-10,12,15-16,19,24-25,27H,11,13-14,17-18H2,1-2H3,(H,31,36). The van der Waals surface area contributed by atoms with E-state index in [0.29, 0.717) is 24.2 Å². The van der Waals surface area contributed by atoms with Crippen molar-refractivity contribution >= 4 is 38.6 Å². The van der Waals surface area contributed by atoms with Gasteiger partial charge in [0, 0.05) is 18.9 Å². The Balaban J connectivity index is 1.29. The number of hydrogen-bond donors (Lipinski definition) is 1. The number of fused-ring (bicyclic) bond motifs is 2. The second-order valence-electron chi connectivity index (χ2n) is 10.7. The summed E-state index contributed by atoms with van der Waals surface area (Å²) in [6.45, 7) is 3.79. The van der Waals surface area contributed by atoms with E-state index >= 15 is 0 Å². The predicted molar refractivity (Wildman–Crippen MR) is 149 cm³/mol. The number of amides is 2. The summed E-state index contributed by atoms with van der Waals surface area (Å²) in [5.41, 5.74) is 0.524. The van der Waals surface area contributed by atoms with Gasteiger partial charge in [-0.25, -0.2) is 13.2 Å². The zero-order chi connectivity index (χ0) is 28.4. The number of likely N-dealkylation sites (tertiary alicyclic amines) is 1. The Kier molecular flexibility index (Phi) is 7.86. The van der Waals surface area contributed by atoms with Gasteiger partial charge in [0.2, 0.25) is 15.9 Å². The lowest BCUT2D eigenvalue weighted by molar-refractivity contribution is -0.138. The quantitative estimate of drug-likeness (QED) is 0.446. The number of carbonyl (C=O) groups is 3. The maximum Gasteiger partial charge on any atom is 0.413 e. The largest absolute Gasteiger partial charge is 0.413 e. The Morgan fingerprint density at radius 2 is 1.88 bits per heavy atom. The number of aromatic nitrogens is 1. The summed E-state index contributed by atoms with van der Waals surface area (Å²) in [4.78, 5) is 45.0. The van der Waals surface area contributed by atoms with Gasteiger partial charge in [0.1, 0.15) is 17.8 Å². The van der Waals surface area contributed by atoms with Gasteiger partial charge in [0.05, 0.1) is 18.3 Å². The lowest BCUT2D eigenvalue weighted by Crippen LogP contribution is -2.53. The van der Waals surface area contributed by atoms with Crippen LogP contribution in [0.15, 0.2) is 67.0 Å². The second kappa shape index (κ2) is 11.3. The Bertz CT molecular complexity index is 1530. The number of ketones is 1. The summed E-state index contributed by atoms with van der Waals surface area (Å²) >= 11 is 0. The highest BCUT2D eigenvalue weighted by atomic mass is 32.2. The molecule has 2 aromatic carbocycles. The van der Waals surface area contributed by atoms with Crippen molar-refractivity contribution in [3.05, 3.63) is 72.6 Å². The third kappa shape index (κ3) is 5.85. The van der Waals surface area contributed by atoms with Crippen LogP contribution in [0.3, 0.4) is 0 Å². The Morgan fingerprint density at radius 1 is 1.10 bits per heavy atom. The molecule has 3 unspecified atom stereocenters. The smallest absolute Gasteiger partial charge is 0.410 e. The molecule has 1 N–H and O–H groups in total. The molecule has 2 fully saturated rings. The van der Waals surface area contributed by atoms with Gasteiger partial charge >= 0.3 is 6.09 Å². The number of Topliss-reactive ketones (excluding diaryl/α,β-unsaturated/α-hetero) is 1. The van der Waals surface area contributed by atoms with E-state index in [-0.39, 0.29) is 30.5 Å². The molecule has 10 nitrogen and oxygen atoms in total. The summed E-state index contributed by atoms with van der Waals surface area (Å²) in [6.07, 6.45) is 2.94. The average Bonchev–Trinajstić information content (AvgIpc) is 3.49. The first-order valence-corrected chi connectivity index (χ1v) is 14.9. The maximum atomic E-state index is 13.7. The predicted octanol–water partition coefficient (Wildman–Crippen LogP) is 3.12. The van der Waals surface area contributed by atoms with E-state index < -0.39 is 40.1 Å². The SMILES string of the molecule is CC(C)CC(NC(=O)Oc1ccc2ccccc2c1)C(=O)N1CCC2C1C(=O)CN2S(=O)(=O)Cc1cccnc1. The number of hydrogen-bond acceptors (Lipinski definition) is 7. The number of sulfonamides is 1. The molecule has 2 aliphatic heterocycles. The number of carbonyl (C=O) groups excluding carboxylic acids is 3. The van der Waals surface area contributed by atoms with Crippen LogP contribution in [0, 0.1) is 5.92 Å². The van der Waals surface area contributed by atoms with E-state index in [4.69, 9.17) is 4.74 Å². The molecule has 3 heterocycles. The van der Waals surface area contributed by atoms with Crippen LogP contribution >= 0.6 is 0 Å². The second-order valence-corrected chi connectivity index (χ2v) is 12.6. The lowest BCUT2D eigenvalue weighted by atomic mass is 10.0. The van der Waals surface area contributed by atoms with Crippen LogP contribution in [-0.2, 0) is 25.4 Å². The summed E-state index contributed by atoms with van der Waals surface area (Å²) < 4.78 is 33.1. The van der Waals surface area contributed by atoms with Crippen LogP contribution in [0.1, 0.15) is 32.3 Å². The highest BCUT2D eigenvalue weighted by Gasteiger charge is 2.54. The summed E-state index contributed by atoms with van der Waals surface area (Å²) in [5.74, 6) is -0.620. The zero-order valence-electron chi connectivity index (χ0n) is 22.4. The maximum absolute atomic E-state index is 13.7. The van der Waals surface area contributed by atoms with Crippen molar-refractivity contribution in [2.24, 2.45) is 5.92 Å². The third-order valence-electron chi connectivity index (χ3n) is 7.32. The first-order valence-electron chi connectivity index (χ1n) is 13.3. The molecule has 11 heteroatoms. The van der Waals surface area contributed by atoms with Crippen molar-refractivity contribution in [3.63, 3.8) is 0 Å². The van der Waals surface area contributed by atoms with Gasteiger partial charge in [-0.05, 0) is 53.3 Å². The van der Waals surface area contributed by atoms with Gasteiger partial charge in [-0.15, -0.1) is 0 Å². The van der Waals surface area contributed by atoms with Crippen molar-refractivity contribution in [2.75, 3.05) is 13.1 Å². The number of benzene rings is 2. The van der Waals surface area contributed by atoms with E-state index in [1.165, 1.54) is 15.4 Å². The van der Waals surface area contributed by atoms with Gasteiger partial charge in [0.15, 0.2) is 5.78 Å². The normalized spacial score (nSPS) is 20.1. The molecule has 0 spiro atoms. The molecular formula is C29H32N4O6S. The molecule has 0 bridgehead atoms. The van der Waals surface area contributed by atoms with Crippen molar-refractivity contribution < 1.29 is 27.5 Å². The molecule has 40 heavy (non-hydrogen) atoms. The molecule has 3 atom stereocenters. The highest BCUT2D eigenvalue weighted by molar-refractivity contribution is 7.88. The Morgan fingerprint density at radius 3 is 2.60 bits per heavy atom. The molecule has 0 saturated carbocycles. The van der Waals surface area contributed by atoms with E-state index in [0.717, 1.165) is 10.8 Å². The van der Waals surface area contributed by atoms with Crippen LogP contribution in [-0.4, -0.2) is 71.6 Å². The van der Waals surface area contributed by atoms with Crippen LogP contribution in [0.4, 0.5) is 4.79 Å². The van der Waals surface area contributed by atoms with Gasteiger partial charge in [-0.1, -0.05) is 50.2 Å². The lowest BCUT2D eigenvalue weighted by Gasteiger charge is -2.28. The van der Waals surface area contributed by atoms with Crippen LogP contribution in [0.25, 0.3) is 10.8 Å². The minimum absolute atomic E-state index is 0.0592. The fourth-order valence-electron chi connectivity index (χ4n) is 5.56. The number of nitrogens with zero attached hydrogens (tertiary/aromatic N) is 3.